The van der Waals surface area contributed by atoms with Crippen molar-refractivity contribution < 1.29 is 14.3 Å². The molecule has 0 aliphatic heterocycles. The van der Waals surface area contributed by atoms with Crippen molar-refractivity contribution in [3.05, 3.63) is 29.1 Å². The maximum atomic E-state index is 11.1. The molecule has 1 N–H and O–H groups in total. The molecule has 0 atom stereocenters. The van der Waals surface area contributed by atoms with Crippen molar-refractivity contribution in [2.75, 3.05) is 26.1 Å². The molecule has 1 aromatic carbocycles. The largest absolute Gasteiger partial charge is 0.497 e. The Morgan fingerprint density at radius 3 is 2.62 bits per heavy atom. The number of ether oxygens (including phenoxy) is 2. The average molecular weight is 306 g/mol. The number of thiazole rings is 1. The predicted octanol–water partition coefficient (Wildman–Crippen LogP) is 3.10. The van der Waals surface area contributed by atoms with E-state index in [-0.39, 0.29) is 5.97 Å². The molecule has 0 aliphatic rings. The molecule has 112 valence electrons. The van der Waals surface area contributed by atoms with Crippen molar-refractivity contribution in [3.8, 4) is 17.0 Å². The zero-order chi connectivity index (χ0) is 15.2. The molecule has 0 saturated carbocycles. The van der Waals surface area contributed by atoms with Gasteiger partial charge in [-0.05, 0) is 31.2 Å². The number of aromatic nitrogens is 1. The van der Waals surface area contributed by atoms with Crippen LogP contribution in [-0.4, -0.2) is 31.7 Å². The van der Waals surface area contributed by atoms with E-state index in [1.165, 1.54) is 7.11 Å². The molecule has 0 fully saturated rings. The quantitative estimate of drug-likeness (QED) is 0.831. The molecule has 1 aromatic heterocycles. The molecule has 0 bridgehead atoms. The average Bonchev–Trinajstić information content (AvgIpc) is 2.88. The van der Waals surface area contributed by atoms with E-state index < -0.39 is 0 Å². The highest BCUT2D eigenvalue weighted by atomic mass is 32.1. The number of esters is 1. The Kier molecular flexibility index (Phi) is 5.16. The van der Waals surface area contributed by atoms with Crippen LogP contribution in [0.25, 0.3) is 11.3 Å². The fourth-order valence-corrected chi connectivity index (χ4v) is 2.72. The first kappa shape index (κ1) is 15.3. The van der Waals surface area contributed by atoms with E-state index in [2.05, 4.69) is 15.0 Å². The Balaban J connectivity index is 2.05. The number of benzene rings is 1. The molecule has 21 heavy (non-hydrogen) atoms. The van der Waals surface area contributed by atoms with E-state index in [0.717, 1.165) is 27.0 Å². The van der Waals surface area contributed by atoms with Crippen molar-refractivity contribution in [2.24, 2.45) is 0 Å². The summed E-state index contributed by atoms with van der Waals surface area (Å²) in [5, 5.41) is 3.95. The molecule has 0 spiro atoms. The van der Waals surface area contributed by atoms with Crippen LogP contribution in [0.15, 0.2) is 24.3 Å². The number of hydrogen-bond acceptors (Lipinski definition) is 6. The molecule has 5 nitrogen and oxygen atoms in total. The second-order valence-electron chi connectivity index (χ2n) is 4.41. The van der Waals surface area contributed by atoms with Gasteiger partial charge < -0.3 is 14.8 Å². The van der Waals surface area contributed by atoms with Crippen molar-refractivity contribution >= 4 is 22.4 Å². The Bertz CT molecular complexity index is 608. The van der Waals surface area contributed by atoms with Gasteiger partial charge in [-0.2, -0.15) is 0 Å². The van der Waals surface area contributed by atoms with Gasteiger partial charge in [0.15, 0.2) is 5.13 Å². The van der Waals surface area contributed by atoms with Gasteiger partial charge in [0.05, 0.1) is 26.3 Å². The Morgan fingerprint density at radius 2 is 2.00 bits per heavy atom. The van der Waals surface area contributed by atoms with E-state index >= 15 is 0 Å². The number of methoxy groups -OCH3 is 2. The zero-order valence-corrected chi connectivity index (χ0v) is 13.1. The highest BCUT2D eigenvalue weighted by Crippen LogP contribution is 2.31. The number of aryl methyl sites for hydroxylation is 1. The minimum absolute atomic E-state index is 0.230. The fourth-order valence-electron chi connectivity index (χ4n) is 1.86. The number of nitrogens with zero attached hydrogens (tertiary/aromatic N) is 1. The van der Waals surface area contributed by atoms with Gasteiger partial charge in [-0.3, -0.25) is 4.79 Å². The molecule has 6 heteroatoms. The van der Waals surface area contributed by atoms with Crippen molar-refractivity contribution in [1.82, 2.24) is 4.98 Å². The molecule has 0 saturated heterocycles. The summed E-state index contributed by atoms with van der Waals surface area (Å²) in [5.74, 6) is 0.592. The standard InChI is InChI=1S/C15H18N2O3S/c1-10-14(11-4-6-12(19-2)7-5-11)17-15(21-10)16-9-8-13(18)20-3/h4-7H,8-9H2,1-3H3,(H,16,17). The lowest BCUT2D eigenvalue weighted by molar-refractivity contribution is -0.140. The summed E-state index contributed by atoms with van der Waals surface area (Å²) in [6.45, 7) is 2.55. The van der Waals surface area contributed by atoms with Gasteiger partial charge in [0.25, 0.3) is 0 Å². The van der Waals surface area contributed by atoms with Gasteiger partial charge in [-0.1, -0.05) is 0 Å². The number of nitrogens with one attached hydrogen (secondary N) is 1. The topological polar surface area (TPSA) is 60.5 Å². The third-order valence-electron chi connectivity index (χ3n) is 2.99. The molecule has 2 aromatic rings. The molecule has 0 radical (unpaired) electrons. The molecule has 0 unspecified atom stereocenters. The Hall–Kier alpha value is -2.08. The van der Waals surface area contributed by atoms with Crippen LogP contribution < -0.4 is 10.1 Å². The first-order valence-corrected chi connectivity index (χ1v) is 7.38. The number of carbonyl (C=O) groups is 1. The van der Waals surface area contributed by atoms with Crippen LogP contribution in [0.3, 0.4) is 0 Å². The van der Waals surface area contributed by atoms with E-state index in [4.69, 9.17) is 4.74 Å². The van der Waals surface area contributed by atoms with E-state index in [1.807, 2.05) is 31.2 Å². The van der Waals surface area contributed by atoms with Gasteiger partial charge in [-0.15, -0.1) is 11.3 Å². The lowest BCUT2D eigenvalue weighted by Crippen LogP contribution is -2.09. The second-order valence-corrected chi connectivity index (χ2v) is 5.61. The van der Waals surface area contributed by atoms with Crippen molar-refractivity contribution in [2.45, 2.75) is 13.3 Å². The number of rotatable bonds is 6. The summed E-state index contributed by atoms with van der Waals surface area (Å²) in [7, 11) is 3.03. The summed E-state index contributed by atoms with van der Waals surface area (Å²) in [6, 6.07) is 7.80. The first-order valence-electron chi connectivity index (χ1n) is 6.56. The highest BCUT2D eigenvalue weighted by molar-refractivity contribution is 7.16. The number of carbonyl (C=O) groups excluding carboxylic acids is 1. The molecule has 0 amide bonds. The van der Waals surface area contributed by atoms with E-state index in [0.29, 0.717) is 13.0 Å². The summed E-state index contributed by atoms with van der Waals surface area (Å²) in [4.78, 5) is 16.8. The first-order chi connectivity index (χ1) is 10.1. The highest BCUT2D eigenvalue weighted by Gasteiger charge is 2.10. The lowest BCUT2D eigenvalue weighted by atomic mass is 10.1. The van der Waals surface area contributed by atoms with Gasteiger partial charge in [0, 0.05) is 17.0 Å². The lowest BCUT2D eigenvalue weighted by Gasteiger charge is -2.02. The van der Waals surface area contributed by atoms with Crippen LogP contribution in [0.1, 0.15) is 11.3 Å². The van der Waals surface area contributed by atoms with Crippen LogP contribution in [0.4, 0.5) is 5.13 Å². The van der Waals surface area contributed by atoms with E-state index in [1.54, 1.807) is 18.4 Å². The summed E-state index contributed by atoms with van der Waals surface area (Å²) < 4.78 is 9.75. The Morgan fingerprint density at radius 1 is 1.29 bits per heavy atom. The zero-order valence-electron chi connectivity index (χ0n) is 12.3. The molecule has 1 heterocycles. The van der Waals surface area contributed by atoms with Gasteiger partial charge in [0.1, 0.15) is 5.75 Å². The molecule has 0 aliphatic carbocycles. The van der Waals surface area contributed by atoms with Crippen LogP contribution in [0.2, 0.25) is 0 Å². The van der Waals surface area contributed by atoms with Crippen molar-refractivity contribution in [3.63, 3.8) is 0 Å². The Labute approximate surface area is 127 Å². The molecular weight excluding hydrogens is 288 g/mol. The number of anilines is 1. The minimum Gasteiger partial charge on any atom is -0.497 e. The van der Waals surface area contributed by atoms with E-state index in [9.17, 15) is 4.79 Å². The van der Waals surface area contributed by atoms with Crippen LogP contribution >= 0.6 is 11.3 Å². The minimum atomic E-state index is -0.230. The number of hydrogen-bond donors (Lipinski definition) is 1. The maximum Gasteiger partial charge on any atom is 0.307 e. The fraction of sp³-hybridized carbons (Fsp3) is 0.333. The van der Waals surface area contributed by atoms with Gasteiger partial charge >= 0.3 is 5.97 Å². The summed E-state index contributed by atoms with van der Waals surface area (Å²) >= 11 is 1.57. The second kappa shape index (κ2) is 7.08. The van der Waals surface area contributed by atoms with Crippen LogP contribution in [0, 0.1) is 6.92 Å². The predicted molar refractivity (Wildman–Crippen MR) is 84.0 cm³/mol. The summed E-state index contributed by atoms with van der Waals surface area (Å²) in [5.41, 5.74) is 1.99. The van der Waals surface area contributed by atoms with Crippen LogP contribution in [0.5, 0.6) is 5.75 Å². The summed E-state index contributed by atoms with van der Waals surface area (Å²) in [6.07, 6.45) is 0.326. The molecular formula is C15H18N2O3S. The monoisotopic (exact) mass is 306 g/mol. The van der Waals surface area contributed by atoms with Gasteiger partial charge in [0.2, 0.25) is 0 Å². The third-order valence-corrected chi connectivity index (χ3v) is 3.92. The molecule has 2 rings (SSSR count). The van der Waals surface area contributed by atoms with Gasteiger partial charge in [-0.25, -0.2) is 4.98 Å². The normalized spacial score (nSPS) is 10.2. The van der Waals surface area contributed by atoms with Crippen molar-refractivity contribution in [1.29, 1.82) is 0 Å². The third kappa shape index (κ3) is 3.95. The maximum absolute atomic E-state index is 11.1. The van der Waals surface area contributed by atoms with Crippen LogP contribution in [-0.2, 0) is 9.53 Å². The smallest absolute Gasteiger partial charge is 0.307 e. The SMILES string of the molecule is COC(=O)CCNc1nc(-c2ccc(OC)cc2)c(C)s1.